The quantitative estimate of drug-likeness (QED) is 0.765. The molecule has 19 heavy (non-hydrogen) atoms. The van der Waals surface area contributed by atoms with Crippen LogP contribution >= 0.6 is 11.3 Å². The lowest BCUT2D eigenvalue weighted by atomic mass is 10.2. The van der Waals surface area contributed by atoms with Gasteiger partial charge >= 0.3 is 0 Å². The van der Waals surface area contributed by atoms with Gasteiger partial charge < -0.3 is 11.1 Å². The standard InChI is InChI=1S/C13H13N5S/c1-8-6-10-11(17-13(14)18-12(10)19-8)16-7-9-2-4-15-5-3-9/h2-6H,7H2,1H3,(H3,14,16,17,18). The first-order valence-corrected chi connectivity index (χ1v) is 6.70. The van der Waals surface area contributed by atoms with Gasteiger partial charge in [-0.15, -0.1) is 11.3 Å². The number of anilines is 2. The molecule has 0 saturated heterocycles. The summed E-state index contributed by atoms with van der Waals surface area (Å²) in [6.45, 7) is 2.73. The van der Waals surface area contributed by atoms with E-state index in [0.717, 1.165) is 21.6 Å². The number of thiophene rings is 1. The molecule has 0 radical (unpaired) electrons. The molecule has 0 unspecified atom stereocenters. The highest BCUT2D eigenvalue weighted by atomic mass is 32.1. The summed E-state index contributed by atoms with van der Waals surface area (Å²) >= 11 is 1.62. The van der Waals surface area contributed by atoms with Crippen molar-refractivity contribution in [2.45, 2.75) is 13.5 Å². The molecule has 0 atom stereocenters. The van der Waals surface area contributed by atoms with Gasteiger partial charge in [0, 0.05) is 23.8 Å². The second-order valence-electron chi connectivity index (χ2n) is 4.22. The van der Waals surface area contributed by atoms with Crippen molar-refractivity contribution in [3.8, 4) is 0 Å². The van der Waals surface area contributed by atoms with Crippen LogP contribution in [0.5, 0.6) is 0 Å². The van der Waals surface area contributed by atoms with Crippen molar-refractivity contribution in [1.29, 1.82) is 0 Å². The summed E-state index contributed by atoms with van der Waals surface area (Å²) in [5, 5.41) is 4.33. The first kappa shape index (κ1) is 11.9. The van der Waals surface area contributed by atoms with Crippen LogP contribution in [0.2, 0.25) is 0 Å². The topological polar surface area (TPSA) is 76.7 Å². The van der Waals surface area contributed by atoms with Gasteiger partial charge in [0.25, 0.3) is 0 Å². The Bertz CT molecular complexity index is 708. The van der Waals surface area contributed by atoms with E-state index in [1.807, 2.05) is 12.1 Å². The third kappa shape index (κ3) is 2.48. The van der Waals surface area contributed by atoms with Crippen LogP contribution < -0.4 is 11.1 Å². The molecule has 3 heterocycles. The molecule has 6 heteroatoms. The fourth-order valence-electron chi connectivity index (χ4n) is 1.88. The van der Waals surface area contributed by atoms with E-state index in [9.17, 15) is 0 Å². The lowest BCUT2D eigenvalue weighted by Crippen LogP contribution is -2.04. The number of nitrogen functional groups attached to an aromatic ring is 1. The van der Waals surface area contributed by atoms with E-state index in [1.165, 1.54) is 4.88 Å². The van der Waals surface area contributed by atoms with Crippen molar-refractivity contribution in [1.82, 2.24) is 15.0 Å². The van der Waals surface area contributed by atoms with Crippen molar-refractivity contribution in [2.24, 2.45) is 0 Å². The monoisotopic (exact) mass is 271 g/mol. The molecule has 0 aromatic carbocycles. The van der Waals surface area contributed by atoms with Gasteiger partial charge in [-0.25, -0.2) is 4.98 Å². The van der Waals surface area contributed by atoms with Crippen LogP contribution in [-0.2, 0) is 6.54 Å². The number of nitrogens with zero attached hydrogens (tertiary/aromatic N) is 3. The smallest absolute Gasteiger partial charge is 0.223 e. The second-order valence-corrected chi connectivity index (χ2v) is 5.45. The number of pyridine rings is 1. The van der Waals surface area contributed by atoms with Gasteiger partial charge in [-0.2, -0.15) is 4.98 Å². The zero-order valence-electron chi connectivity index (χ0n) is 10.4. The Morgan fingerprint density at radius 2 is 2.05 bits per heavy atom. The van der Waals surface area contributed by atoms with Gasteiger partial charge in [0.2, 0.25) is 5.95 Å². The zero-order chi connectivity index (χ0) is 13.2. The Balaban J connectivity index is 1.92. The van der Waals surface area contributed by atoms with Crippen LogP contribution in [0, 0.1) is 6.92 Å². The number of nitrogens with one attached hydrogen (secondary N) is 1. The largest absolute Gasteiger partial charge is 0.368 e. The second kappa shape index (κ2) is 4.81. The third-order valence-corrected chi connectivity index (χ3v) is 3.69. The van der Waals surface area contributed by atoms with E-state index >= 15 is 0 Å². The summed E-state index contributed by atoms with van der Waals surface area (Å²) in [4.78, 5) is 14.6. The number of rotatable bonds is 3. The number of hydrogen-bond acceptors (Lipinski definition) is 6. The fraction of sp³-hybridized carbons (Fsp3) is 0.154. The molecule has 3 rings (SSSR count). The summed E-state index contributed by atoms with van der Waals surface area (Å²) in [7, 11) is 0. The van der Waals surface area contributed by atoms with E-state index < -0.39 is 0 Å². The average molecular weight is 271 g/mol. The van der Waals surface area contributed by atoms with Gasteiger partial charge in [-0.05, 0) is 30.7 Å². The average Bonchev–Trinajstić information content (AvgIpc) is 2.77. The minimum absolute atomic E-state index is 0.298. The minimum atomic E-state index is 0.298. The molecule has 5 nitrogen and oxygen atoms in total. The Labute approximate surface area is 114 Å². The SMILES string of the molecule is Cc1cc2c(NCc3ccncc3)nc(N)nc2s1. The van der Waals surface area contributed by atoms with Crippen LogP contribution in [0.4, 0.5) is 11.8 Å². The Morgan fingerprint density at radius 1 is 1.26 bits per heavy atom. The van der Waals surface area contributed by atoms with Gasteiger partial charge in [0.1, 0.15) is 10.6 Å². The molecular weight excluding hydrogens is 258 g/mol. The van der Waals surface area contributed by atoms with Crippen LogP contribution in [0.15, 0.2) is 30.6 Å². The summed E-state index contributed by atoms with van der Waals surface area (Å²) in [5.74, 6) is 1.08. The lowest BCUT2D eigenvalue weighted by Gasteiger charge is -2.07. The molecule has 3 N–H and O–H groups in total. The van der Waals surface area contributed by atoms with E-state index in [4.69, 9.17) is 5.73 Å². The van der Waals surface area contributed by atoms with Gasteiger partial charge in [0.15, 0.2) is 0 Å². The molecular formula is C13H13N5S. The van der Waals surface area contributed by atoms with Crippen molar-refractivity contribution in [3.63, 3.8) is 0 Å². The molecule has 96 valence electrons. The van der Waals surface area contributed by atoms with Crippen LogP contribution in [0.1, 0.15) is 10.4 Å². The number of nitrogens with two attached hydrogens (primary N) is 1. The Morgan fingerprint density at radius 3 is 2.84 bits per heavy atom. The third-order valence-electron chi connectivity index (χ3n) is 2.74. The summed E-state index contributed by atoms with van der Waals surface area (Å²) < 4.78 is 0. The molecule has 0 aliphatic carbocycles. The summed E-state index contributed by atoms with van der Waals surface area (Å²) in [6.07, 6.45) is 3.55. The first-order valence-electron chi connectivity index (χ1n) is 5.89. The molecule has 0 saturated carbocycles. The van der Waals surface area contributed by atoms with Crippen LogP contribution in [-0.4, -0.2) is 15.0 Å². The highest BCUT2D eigenvalue weighted by molar-refractivity contribution is 7.18. The Hall–Kier alpha value is -2.21. The van der Waals surface area contributed by atoms with Gasteiger partial charge in [-0.1, -0.05) is 0 Å². The predicted octanol–water partition coefficient (Wildman–Crippen LogP) is 2.59. The van der Waals surface area contributed by atoms with Crippen LogP contribution in [0.3, 0.4) is 0 Å². The number of hydrogen-bond donors (Lipinski definition) is 2. The number of fused-ring (bicyclic) bond motifs is 1. The summed E-state index contributed by atoms with van der Waals surface area (Å²) in [5.41, 5.74) is 6.88. The lowest BCUT2D eigenvalue weighted by molar-refractivity contribution is 1.10. The maximum Gasteiger partial charge on any atom is 0.223 e. The first-order chi connectivity index (χ1) is 9.22. The molecule has 0 amide bonds. The van der Waals surface area contributed by atoms with E-state index in [-0.39, 0.29) is 0 Å². The van der Waals surface area contributed by atoms with Crippen molar-refractivity contribution >= 4 is 33.3 Å². The molecule has 3 aromatic rings. The maximum atomic E-state index is 5.74. The number of aryl methyl sites for hydroxylation is 1. The fourth-order valence-corrected chi connectivity index (χ4v) is 2.77. The van der Waals surface area contributed by atoms with E-state index in [1.54, 1.807) is 23.7 Å². The van der Waals surface area contributed by atoms with E-state index in [2.05, 4.69) is 33.3 Å². The molecule has 0 aliphatic heterocycles. The Kier molecular flexibility index (Phi) is 3.00. The predicted molar refractivity (Wildman–Crippen MR) is 78.1 cm³/mol. The molecule has 0 bridgehead atoms. The zero-order valence-corrected chi connectivity index (χ0v) is 11.2. The van der Waals surface area contributed by atoms with Crippen molar-refractivity contribution in [3.05, 3.63) is 41.0 Å². The van der Waals surface area contributed by atoms with Crippen molar-refractivity contribution < 1.29 is 0 Å². The number of aromatic nitrogens is 3. The van der Waals surface area contributed by atoms with Gasteiger partial charge in [-0.3, -0.25) is 4.98 Å². The molecule has 3 aromatic heterocycles. The summed E-state index contributed by atoms with van der Waals surface area (Å²) in [6, 6.07) is 6.01. The van der Waals surface area contributed by atoms with Crippen LogP contribution in [0.25, 0.3) is 10.2 Å². The normalized spacial score (nSPS) is 10.8. The van der Waals surface area contributed by atoms with Crippen molar-refractivity contribution in [2.75, 3.05) is 11.1 Å². The molecule has 0 aliphatic rings. The highest BCUT2D eigenvalue weighted by Gasteiger charge is 2.08. The highest BCUT2D eigenvalue weighted by Crippen LogP contribution is 2.29. The van der Waals surface area contributed by atoms with E-state index in [0.29, 0.717) is 12.5 Å². The molecule has 0 spiro atoms. The minimum Gasteiger partial charge on any atom is -0.368 e. The maximum absolute atomic E-state index is 5.74. The van der Waals surface area contributed by atoms with Gasteiger partial charge in [0.05, 0.1) is 5.39 Å². The molecule has 0 fully saturated rings.